The molecule has 1 heterocycles. The fourth-order valence-electron chi connectivity index (χ4n) is 2.71. The van der Waals surface area contributed by atoms with Gasteiger partial charge < -0.3 is 0 Å². The minimum absolute atomic E-state index is 0.116. The van der Waals surface area contributed by atoms with Crippen LogP contribution in [0.25, 0.3) is 11.3 Å². The third-order valence-corrected chi connectivity index (χ3v) is 4.48. The van der Waals surface area contributed by atoms with Crippen LogP contribution in [0.15, 0.2) is 53.3 Å². The first kappa shape index (κ1) is 16.5. The van der Waals surface area contributed by atoms with Gasteiger partial charge in [-0.25, -0.2) is 4.68 Å². The van der Waals surface area contributed by atoms with E-state index in [2.05, 4.69) is 38.0 Å². The number of hydrogen-bond acceptors (Lipinski definition) is 2. The monoisotopic (exact) mass is 338 g/mol. The van der Waals surface area contributed by atoms with Crippen LogP contribution in [-0.4, -0.2) is 9.78 Å². The number of aryl methyl sites for hydroxylation is 3. The first-order chi connectivity index (χ1) is 11.4. The fourth-order valence-corrected chi connectivity index (χ4v) is 2.83. The molecule has 4 heteroatoms. The number of nitrogens with zero attached hydrogens (tertiary/aromatic N) is 2. The summed E-state index contributed by atoms with van der Waals surface area (Å²) >= 11 is 5.91. The maximum absolute atomic E-state index is 12.2. The lowest BCUT2D eigenvalue weighted by Crippen LogP contribution is -2.22. The average molecular weight is 339 g/mol. The maximum atomic E-state index is 12.2. The summed E-state index contributed by atoms with van der Waals surface area (Å²) < 4.78 is 1.49. The molecule has 0 unspecified atom stereocenters. The van der Waals surface area contributed by atoms with E-state index in [-0.39, 0.29) is 5.56 Å². The molecule has 0 saturated carbocycles. The second kappa shape index (κ2) is 6.62. The lowest BCUT2D eigenvalue weighted by molar-refractivity contribution is 0.642. The van der Waals surface area contributed by atoms with E-state index in [9.17, 15) is 4.79 Å². The molecule has 24 heavy (non-hydrogen) atoms. The predicted molar refractivity (Wildman–Crippen MR) is 98.7 cm³/mol. The smallest absolute Gasteiger partial charge is 0.267 e. The number of benzene rings is 2. The maximum Gasteiger partial charge on any atom is 0.267 e. The van der Waals surface area contributed by atoms with Crippen molar-refractivity contribution in [2.75, 3.05) is 0 Å². The summed E-state index contributed by atoms with van der Waals surface area (Å²) in [6, 6.07) is 15.1. The van der Waals surface area contributed by atoms with Crippen molar-refractivity contribution in [1.82, 2.24) is 9.78 Å². The Balaban J connectivity index is 2.02. The van der Waals surface area contributed by atoms with Gasteiger partial charge in [-0.3, -0.25) is 4.79 Å². The summed E-state index contributed by atoms with van der Waals surface area (Å²) in [5.74, 6) is 0. The second-order valence-electron chi connectivity index (χ2n) is 6.09. The van der Waals surface area contributed by atoms with Gasteiger partial charge in [0.05, 0.1) is 12.2 Å². The first-order valence-corrected chi connectivity index (χ1v) is 8.22. The van der Waals surface area contributed by atoms with Crippen LogP contribution >= 0.6 is 11.6 Å². The molecule has 3 rings (SSSR count). The Labute approximate surface area is 146 Å². The van der Waals surface area contributed by atoms with Crippen LogP contribution < -0.4 is 5.56 Å². The molecule has 0 aliphatic rings. The van der Waals surface area contributed by atoms with Gasteiger partial charge in [0.1, 0.15) is 0 Å². The van der Waals surface area contributed by atoms with Crippen LogP contribution in [0.3, 0.4) is 0 Å². The lowest BCUT2D eigenvalue weighted by Gasteiger charge is -2.11. The summed E-state index contributed by atoms with van der Waals surface area (Å²) in [7, 11) is 0. The van der Waals surface area contributed by atoms with Crippen molar-refractivity contribution in [3.63, 3.8) is 0 Å². The largest absolute Gasteiger partial charge is 0.268 e. The Morgan fingerprint density at radius 1 is 0.917 bits per heavy atom. The van der Waals surface area contributed by atoms with E-state index in [1.807, 2.05) is 24.3 Å². The van der Waals surface area contributed by atoms with Gasteiger partial charge in [-0.05, 0) is 67.3 Å². The van der Waals surface area contributed by atoms with E-state index in [0.717, 1.165) is 22.4 Å². The molecule has 0 fully saturated rings. The minimum Gasteiger partial charge on any atom is -0.268 e. The lowest BCUT2D eigenvalue weighted by atomic mass is 9.99. The molecule has 0 bridgehead atoms. The molecule has 0 atom stereocenters. The molecule has 0 saturated heterocycles. The fraction of sp³-hybridized carbons (Fsp3) is 0.200. The zero-order chi connectivity index (χ0) is 17.3. The van der Waals surface area contributed by atoms with Gasteiger partial charge in [-0.15, -0.1) is 0 Å². The Kier molecular flexibility index (Phi) is 4.54. The molecule has 0 radical (unpaired) electrons. The minimum atomic E-state index is -0.116. The third-order valence-electron chi connectivity index (χ3n) is 4.23. The van der Waals surface area contributed by atoms with Crippen molar-refractivity contribution in [1.29, 1.82) is 0 Å². The quantitative estimate of drug-likeness (QED) is 0.702. The second-order valence-corrected chi connectivity index (χ2v) is 6.53. The topological polar surface area (TPSA) is 34.9 Å². The van der Waals surface area contributed by atoms with E-state index < -0.39 is 0 Å². The van der Waals surface area contributed by atoms with Gasteiger partial charge in [0.25, 0.3) is 5.56 Å². The third kappa shape index (κ3) is 3.41. The molecule has 0 aliphatic carbocycles. The molecule has 2 aromatic carbocycles. The van der Waals surface area contributed by atoms with Crippen molar-refractivity contribution < 1.29 is 0 Å². The normalized spacial score (nSPS) is 10.8. The molecule has 0 aliphatic heterocycles. The van der Waals surface area contributed by atoms with Crippen LogP contribution in [0.1, 0.15) is 22.3 Å². The standard InChI is InChI=1S/C20H19ClN2O/c1-13-10-15(3)18(11-14(13)2)19-8-9-20(24)23(22-19)12-16-4-6-17(21)7-5-16/h4-11H,12H2,1-3H3. The molecule has 3 nitrogen and oxygen atoms in total. The van der Waals surface area contributed by atoms with Crippen LogP contribution in [0, 0.1) is 20.8 Å². The summed E-state index contributed by atoms with van der Waals surface area (Å²) in [5.41, 5.74) is 6.37. The van der Waals surface area contributed by atoms with Crippen molar-refractivity contribution in [2.24, 2.45) is 0 Å². The molecule has 0 amide bonds. The summed E-state index contributed by atoms with van der Waals surface area (Å²) in [5, 5.41) is 5.24. The summed E-state index contributed by atoms with van der Waals surface area (Å²) in [6.07, 6.45) is 0. The molecular weight excluding hydrogens is 320 g/mol. The number of rotatable bonds is 3. The van der Waals surface area contributed by atoms with Gasteiger partial charge in [0.15, 0.2) is 0 Å². The van der Waals surface area contributed by atoms with Gasteiger partial charge >= 0.3 is 0 Å². The number of aromatic nitrogens is 2. The van der Waals surface area contributed by atoms with Gasteiger partial charge in [0, 0.05) is 16.7 Å². The van der Waals surface area contributed by atoms with E-state index in [0.29, 0.717) is 11.6 Å². The first-order valence-electron chi connectivity index (χ1n) is 7.85. The van der Waals surface area contributed by atoms with Crippen molar-refractivity contribution in [2.45, 2.75) is 27.3 Å². The molecule has 0 N–H and O–H groups in total. The van der Waals surface area contributed by atoms with Crippen molar-refractivity contribution >= 4 is 11.6 Å². The molecule has 3 aromatic rings. The van der Waals surface area contributed by atoms with Crippen LogP contribution in [0.2, 0.25) is 5.02 Å². The van der Waals surface area contributed by atoms with E-state index in [4.69, 9.17) is 11.6 Å². The molecule has 0 spiro atoms. The Bertz CT molecular complexity index is 943. The van der Waals surface area contributed by atoms with Gasteiger partial charge in [-0.2, -0.15) is 5.10 Å². The number of halogens is 1. The molecule has 122 valence electrons. The summed E-state index contributed by atoms with van der Waals surface area (Å²) in [6.45, 7) is 6.68. The predicted octanol–water partition coefficient (Wildman–Crippen LogP) is 4.54. The van der Waals surface area contributed by atoms with Gasteiger partial charge in [-0.1, -0.05) is 29.8 Å². The highest BCUT2D eigenvalue weighted by atomic mass is 35.5. The Morgan fingerprint density at radius 3 is 2.29 bits per heavy atom. The van der Waals surface area contributed by atoms with Crippen LogP contribution in [-0.2, 0) is 6.54 Å². The van der Waals surface area contributed by atoms with E-state index in [1.165, 1.54) is 15.8 Å². The highest BCUT2D eigenvalue weighted by Gasteiger charge is 2.08. The zero-order valence-electron chi connectivity index (χ0n) is 14.0. The number of hydrogen-bond donors (Lipinski definition) is 0. The van der Waals surface area contributed by atoms with Crippen LogP contribution in [0.4, 0.5) is 0 Å². The SMILES string of the molecule is Cc1cc(C)c(-c2ccc(=O)n(Cc3ccc(Cl)cc3)n2)cc1C. The van der Waals surface area contributed by atoms with Crippen LogP contribution in [0.5, 0.6) is 0 Å². The molecule has 1 aromatic heterocycles. The molecular formula is C20H19ClN2O. The zero-order valence-corrected chi connectivity index (χ0v) is 14.8. The van der Waals surface area contributed by atoms with E-state index in [1.54, 1.807) is 12.1 Å². The average Bonchev–Trinajstić information content (AvgIpc) is 2.55. The van der Waals surface area contributed by atoms with Crippen molar-refractivity contribution in [3.8, 4) is 11.3 Å². The van der Waals surface area contributed by atoms with Gasteiger partial charge in [0.2, 0.25) is 0 Å². The van der Waals surface area contributed by atoms with Crippen molar-refractivity contribution in [3.05, 3.63) is 86.2 Å². The Hall–Kier alpha value is -2.39. The Morgan fingerprint density at radius 2 is 1.58 bits per heavy atom. The van der Waals surface area contributed by atoms with E-state index >= 15 is 0 Å². The highest BCUT2D eigenvalue weighted by Crippen LogP contribution is 2.24. The summed E-state index contributed by atoms with van der Waals surface area (Å²) in [4.78, 5) is 12.2. The highest BCUT2D eigenvalue weighted by molar-refractivity contribution is 6.30.